The highest BCUT2D eigenvalue weighted by atomic mass is 16.1. The Morgan fingerprint density at radius 3 is 2.56 bits per heavy atom. The van der Waals surface area contributed by atoms with Crippen molar-refractivity contribution in [1.29, 1.82) is 0 Å². The topological polar surface area (TPSA) is 49.4 Å². The number of carbonyl (C=O) groups is 2. The van der Waals surface area contributed by atoms with E-state index < -0.39 is 0 Å². The van der Waals surface area contributed by atoms with Gasteiger partial charge in [-0.2, -0.15) is 0 Å². The summed E-state index contributed by atoms with van der Waals surface area (Å²) in [5, 5.41) is 4.61. The highest BCUT2D eigenvalue weighted by molar-refractivity contribution is 5.98. The Kier molecular flexibility index (Phi) is 3.57. The lowest BCUT2D eigenvalue weighted by Crippen LogP contribution is -2.42. The third-order valence-corrected chi connectivity index (χ3v) is 2.88. The molecule has 1 unspecified atom stereocenters. The largest absolute Gasteiger partial charge is 0.338 e. The molecule has 18 heavy (non-hydrogen) atoms. The second-order valence-electron chi connectivity index (χ2n) is 3.97. The summed E-state index contributed by atoms with van der Waals surface area (Å²) >= 11 is 0. The SMILES string of the molecule is CC(NC=O)N(C=O)c1cccc2ccccc12. The molecule has 2 aromatic rings. The number of nitrogens with one attached hydrogen (secondary N) is 1. The molecule has 0 aliphatic carbocycles. The van der Waals surface area contributed by atoms with Crippen molar-refractivity contribution >= 4 is 29.3 Å². The summed E-state index contributed by atoms with van der Waals surface area (Å²) in [6.07, 6.45) is 0.931. The molecule has 0 radical (unpaired) electrons. The Morgan fingerprint density at radius 1 is 1.11 bits per heavy atom. The average molecular weight is 242 g/mol. The zero-order valence-corrected chi connectivity index (χ0v) is 10.0. The first kappa shape index (κ1) is 12.1. The van der Waals surface area contributed by atoms with Gasteiger partial charge in [-0.3, -0.25) is 14.5 Å². The van der Waals surface area contributed by atoms with E-state index in [0.29, 0.717) is 6.41 Å². The number of amides is 2. The van der Waals surface area contributed by atoms with Crippen LogP contribution in [0.2, 0.25) is 0 Å². The fraction of sp³-hybridized carbons (Fsp3) is 0.143. The summed E-state index contributed by atoms with van der Waals surface area (Å²) in [6.45, 7) is 1.75. The molecule has 2 amide bonds. The molecule has 0 heterocycles. The van der Waals surface area contributed by atoms with Crippen molar-refractivity contribution < 1.29 is 9.59 Å². The minimum atomic E-state index is -0.384. The van der Waals surface area contributed by atoms with Gasteiger partial charge < -0.3 is 5.32 Å². The third-order valence-electron chi connectivity index (χ3n) is 2.88. The van der Waals surface area contributed by atoms with E-state index >= 15 is 0 Å². The molecule has 0 bridgehead atoms. The number of hydrogen-bond donors (Lipinski definition) is 1. The summed E-state index contributed by atoms with van der Waals surface area (Å²) in [5.41, 5.74) is 0.782. The maximum atomic E-state index is 11.2. The molecule has 2 rings (SSSR count). The van der Waals surface area contributed by atoms with Crippen LogP contribution in [0.15, 0.2) is 42.5 Å². The fourth-order valence-corrected chi connectivity index (χ4v) is 1.97. The van der Waals surface area contributed by atoms with Crippen LogP contribution in [0.3, 0.4) is 0 Å². The smallest absolute Gasteiger partial charge is 0.215 e. The summed E-state index contributed by atoms with van der Waals surface area (Å²) in [5.74, 6) is 0. The molecule has 0 fully saturated rings. The third kappa shape index (κ3) is 2.18. The van der Waals surface area contributed by atoms with Crippen LogP contribution < -0.4 is 10.2 Å². The quantitative estimate of drug-likeness (QED) is 0.643. The van der Waals surface area contributed by atoms with Gasteiger partial charge in [-0.1, -0.05) is 36.4 Å². The van der Waals surface area contributed by atoms with Gasteiger partial charge in [0.25, 0.3) is 0 Å². The molecule has 0 spiro atoms. The number of rotatable bonds is 5. The second-order valence-corrected chi connectivity index (χ2v) is 3.97. The van der Waals surface area contributed by atoms with Crippen molar-refractivity contribution in [3.8, 4) is 0 Å². The molecule has 4 heteroatoms. The van der Waals surface area contributed by atoms with E-state index in [0.717, 1.165) is 22.9 Å². The van der Waals surface area contributed by atoms with Gasteiger partial charge in [0, 0.05) is 5.39 Å². The zero-order valence-electron chi connectivity index (χ0n) is 10.0. The Labute approximate surface area is 105 Å². The van der Waals surface area contributed by atoms with E-state index in [2.05, 4.69) is 5.32 Å². The normalized spacial score (nSPS) is 11.8. The lowest BCUT2D eigenvalue weighted by molar-refractivity contribution is -0.110. The Balaban J connectivity index is 2.51. The molecule has 0 aliphatic rings. The Bertz CT molecular complexity index is 563. The number of benzene rings is 2. The molecule has 0 aromatic heterocycles. The van der Waals surface area contributed by atoms with Crippen molar-refractivity contribution in [2.24, 2.45) is 0 Å². The van der Waals surface area contributed by atoms with E-state index in [1.807, 2.05) is 42.5 Å². The molecule has 0 aliphatic heterocycles. The highest BCUT2D eigenvalue weighted by Gasteiger charge is 2.14. The van der Waals surface area contributed by atoms with Crippen molar-refractivity contribution in [1.82, 2.24) is 5.32 Å². The van der Waals surface area contributed by atoms with Crippen LogP contribution in [-0.2, 0) is 9.59 Å². The van der Waals surface area contributed by atoms with Crippen LogP contribution in [-0.4, -0.2) is 19.0 Å². The zero-order chi connectivity index (χ0) is 13.0. The minimum Gasteiger partial charge on any atom is -0.338 e. The fourth-order valence-electron chi connectivity index (χ4n) is 1.97. The highest BCUT2D eigenvalue weighted by Crippen LogP contribution is 2.26. The molecule has 1 N–H and O–H groups in total. The van der Waals surface area contributed by atoms with E-state index in [1.54, 1.807) is 6.92 Å². The molecule has 4 nitrogen and oxygen atoms in total. The van der Waals surface area contributed by atoms with E-state index in [1.165, 1.54) is 4.90 Å². The Morgan fingerprint density at radius 2 is 1.83 bits per heavy atom. The van der Waals surface area contributed by atoms with Crippen LogP contribution >= 0.6 is 0 Å². The summed E-state index contributed by atoms with van der Waals surface area (Å²) < 4.78 is 0. The monoisotopic (exact) mass is 242 g/mol. The number of fused-ring (bicyclic) bond motifs is 1. The lowest BCUT2D eigenvalue weighted by atomic mass is 10.1. The first-order valence-corrected chi connectivity index (χ1v) is 5.69. The van der Waals surface area contributed by atoms with Crippen LogP contribution in [0.4, 0.5) is 5.69 Å². The first-order chi connectivity index (χ1) is 8.77. The molecule has 2 aromatic carbocycles. The van der Waals surface area contributed by atoms with Crippen LogP contribution in [0.5, 0.6) is 0 Å². The van der Waals surface area contributed by atoms with Crippen molar-refractivity contribution in [2.75, 3.05) is 4.90 Å². The van der Waals surface area contributed by atoms with Crippen molar-refractivity contribution in [3.05, 3.63) is 42.5 Å². The van der Waals surface area contributed by atoms with Crippen molar-refractivity contribution in [3.63, 3.8) is 0 Å². The molecular weight excluding hydrogens is 228 g/mol. The van der Waals surface area contributed by atoms with Gasteiger partial charge in [0.15, 0.2) is 0 Å². The molecular formula is C14H14N2O2. The molecule has 0 saturated carbocycles. The standard InChI is InChI=1S/C14H14N2O2/c1-11(15-9-17)16(10-18)14-8-4-6-12-5-2-3-7-13(12)14/h2-11H,1H3,(H,15,17). The number of hydrogen-bond acceptors (Lipinski definition) is 2. The summed E-state index contributed by atoms with van der Waals surface area (Å²) in [4.78, 5) is 23.2. The van der Waals surface area contributed by atoms with Gasteiger partial charge in [0.05, 0.1) is 5.69 Å². The van der Waals surface area contributed by atoms with Crippen LogP contribution in [0.1, 0.15) is 6.92 Å². The maximum Gasteiger partial charge on any atom is 0.215 e. The van der Waals surface area contributed by atoms with Gasteiger partial charge in [-0.05, 0) is 18.4 Å². The predicted octanol–water partition coefficient (Wildman–Crippen LogP) is 1.89. The average Bonchev–Trinajstić information content (AvgIpc) is 2.40. The number of carbonyl (C=O) groups excluding carboxylic acids is 2. The van der Waals surface area contributed by atoms with E-state index in [4.69, 9.17) is 0 Å². The Hall–Kier alpha value is -2.36. The lowest BCUT2D eigenvalue weighted by Gasteiger charge is -2.25. The second kappa shape index (κ2) is 5.31. The van der Waals surface area contributed by atoms with E-state index in [-0.39, 0.29) is 6.17 Å². The summed E-state index contributed by atoms with van der Waals surface area (Å²) in [7, 11) is 0. The van der Waals surface area contributed by atoms with Gasteiger partial charge in [-0.15, -0.1) is 0 Å². The first-order valence-electron chi connectivity index (χ1n) is 5.69. The van der Waals surface area contributed by atoms with Gasteiger partial charge in [-0.25, -0.2) is 0 Å². The van der Waals surface area contributed by atoms with Gasteiger partial charge in [0.2, 0.25) is 12.8 Å². The molecule has 0 saturated heterocycles. The summed E-state index contributed by atoms with van der Waals surface area (Å²) in [6, 6.07) is 13.5. The predicted molar refractivity (Wildman–Crippen MR) is 71.2 cm³/mol. The molecule has 92 valence electrons. The van der Waals surface area contributed by atoms with Crippen LogP contribution in [0.25, 0.3) is 10.8 Å². The minimum absolute atomic E-state index is 0.384. The maximum absolute atomic E-state index is 11.2. The van der Waals surface area contributed by atoms with Crippen LogP contribution in [0, 0.1) is 0 Å². The van der Waals surface area contributed by atoms with Crippen molar-refractivity contribution in [2.45, 2.75) is 13.1 Å². The number of nitrogens with zero attached hydrogens (tertiary/aromatic N) is 1. The number of anilines is 1. The van der Waals surface area contributed by atoms with E-state index in [9.17, 15) is 9.59 Å². The van der Waals surface area contributed by atoms with Gasteiger partial charge >= 0.3 is 0 Å². The van der Waals surface area contributed by atoms with Gasteiger partial charge in [0.1, 0.15) is 6.17 Å². The molecule has 1 atom stereocenters.